The van der Waals surface area contributed by atoms with Crippen LogP contribution in [-0.2, 0) is 4.79 Å². The predicted molar refractivity (Wildman–Crippen MR) is 58.0 cm³/mol. The standard InChI is InChI=1S/C12H15NO2/c1-8-3-2-4-9(7-8)10-5-6-13-11(10)12(14)15/h2-4,7,10-11,13H,5-6H2,1H3,(H,14,15). The number of nitrogens with one attached hydrogen (secondary N) is 1. The van der Waals surface area contributed by atoms with E-state index in [0.29, 0.717) is 0 Å². The van der Waals surface area contributed by atoms with Crippen LogP contribution in [-0.4, -0.2) is 23.7 Å². The Morgan fingerprint density at radius 1 is 1.53 bits per heavy atom. The Hall–Kier alpha value is -1.35. The zero-order valence-electron chi connectivity index (χ0n) is 8.73. The van der Waals surface area contributed by atoms with Crippen molar-refractivity contribution in [1.29, 1.82) is 0 Å². The highest BCUT2D eigenvalue weighted by Gasteiger charge is 2.33. The van der Waals surface area contributed by atoms with E-state index < -0.39 is 12.0 Å². The first-order valence-corrected chi connectivity index (χ1v) is 5.21. The van der Waals surface area contributed by atoms with E-state index in [1.165, 1.54) is 5.56 Å². The molecule has 1 saturated heterocycles. The van der Waals surface area contributed by atoms with Crippen molar-refractivity contribution in [3.63, 3.8) is 0 Å². The minimum absolute atomic E-state index is 0.113. The Labute approximate surface area is 89.1 Å². The van der Waals surface area contributed by atoms with E-state index in [-0.39, 0.29) is 5.92 Å². The molecule has 1 aromatic carbocycles. The Balaban J connectivity index is 2.26. The van der Waals surface area contributed by atoms with E-state index in [2.05, 4.69) is 11.4 Å². The molecule has 0 radical (unpaired) electrons. The van der Waals surface area contributed by atoms with E-state index in [0.717, 1.165) is 18.5 Å². The molecule has 2 rings (SSSR count). The monoisotopic (exact) mass is 205 g/mol. The number of hydrogen-bond acceptors (Lipinski definition) is 2. The summed E-state index contributed by atoms with van der Waals surface area (Å²) in [5, 5.41) is 12.1. The van der Waals surface area contributed by atoms with Crippen LogP contribution in [0, 0.1) is 6.92 Å². The van der Waals surface area contributed by atoms with Crippen molar-refractivity contribution in [2.24, 2.45) is 0 Å². The van der Waals surface area contributed by atoms with Crippen molar-refractivity contribution in [2.45, 2.75) is 25.3 Å². The van der Waals surface area contributed by atoms with Crippen LogP contribution in [0.15, 0.2) is 24.3 Å². The third kappa shape index (κ3) is 2.02. The first kappa shape index (κ1) is 10.2. The third-order valence-corrected chi connectivity index (χ3v) is 2.96. The molecule has 0 aromatic heterocycles. The third-order valence-electron chi connectivity index (χ3n) is 2.96. The van der Waals surface area contributed by atoms with Gasteiger partial charge in [-0.3, -0.25) is 4.79 Å². The highest BCUT2D eigenvalue weighted by molar-refractivity contribution is 5.75. The Morgan fingerprint density at radius 2 is 2.33 bits per heavy atom. The van der Waals surface area contributed by atoms with Gasteiger partial charge in [0.15, 0.2) is 0 Å². The summed E-state index contributed by atoms with van der Waals surface area (Å²) in [4.78, 5) is 11.0. The lowest BCUT2D eigenvalue weighted by molar-refractivity contribution is -0.139. The number of aliphatic carboxylic acids is 1. The largest absolute Gasteiger partial charge is 0.480 e. The number of benzene rings is 1. The maximum Gasteiger partial charge on any atom is 0.321 e. The van der Waals surface area contributed by atoms with Gasteiger partial charge in [-0.25, -0.2) is 0 Å². The summed E-state index contributed by atoms with van der Waals surface area (Å²) in [6.45, 7) is 2.82. The first-order chi connectivity index (χ1) is 7.18. The Bertz CT molecular complexity index is 376. The predicted octanol–water partition coefficient (Wildman–Crippen LogP) is 1.53. The quantitative estimate of drug-likeness (QED) is 0.769. The molecule has 2 N–H and O–H groups in total. The normalized spacial score (nSPS) is 25.4. The van der Waals surface area contributed by atoms with Crippen molar-refractivity contribution in [1.82, 2.24) is 5.32 Å². The first-order valence-electron chi connectivity index (χ1n) is 5.21. The molecule has 0 spiro atoms. The molecule has 0 amide bonds. The number of carboxylic acid groups (broad SMARTS) is 1. The van der Waals surface area contributed by atoms with E-state index in [1.807, 2.05) is 25.1 Å². The second kappa shape index (κ2) is 4.03. The lowest BCUT2D eigenvalue weighted by Gasteiger charge is -2.16. The van der Waals surface area contributed by atoms with Gasteiger partial charge in [-0.2, -0.15) is 0 Å². The van der Waals surface area contributed by atoms with Crippen molar-refractivity contribution < 1.29 is 9.90 Å². The number of rotatable bonds is 2. The van der Waals surface area contributed by atoms with Gasteiger partial charge in [0.05, 0.1) is 0 Å². The molecule has 1 aliphatic rings. The van der Waals surface area contributed by atoms with Crippen LogP contribution in [0.1, 0.15) is 23.5 Å². The van der Waals surface area contributed by atoms with Gasteiger partial charge < -0.3 is 10.4 Å². The summed E-state index contributed by atoms with van der Waals surface area (Å²) in [5.74, 6) is -0.638. The molecule has 0 aliphatic carbocycles. The topological polar surface area (TPSA) is 49.3 Å². The minimum Gasteiger partial charge on any atom is -0.480 e. The van der Waals surface area contributed by atoms with Crippen molar-refractivity contribution in [2.75, 3.05) is 6.54 Å². The van der Waals surface area contributed by atoms with Crippen LogP contribution < -0.4 is 5.32 Å². The fourth-order valence-corrected chi connectivity index (χ4v) is 2.22. The van der Waals surface area contributed by atoms with Gasteiger partial charge in [-0.15, -0.1) is 0 Å². The smallest absolute Gasteiger partial charge is 0.321 e. The molecule has 0 saturated carbocycles. The van der Waals surface area contributed by atoms with Crippen molar-refractivity contribution in [3.8, 4) is 0 Å². The molecule has 1 aliphatic heterocycles. The fourth-order valence-electron chi connectivity index (χ4n) is 2.22. The van der Waals surface area contributed by atoms with Gasteiger partial charge in [0, 0.05) is 5.92 Å². The minimum atomic E-state index is -0.751. The zero-order chi connectivity index (χ0) is 10.8. The van der Waals surface area contributed by atoms with Crippen LogP contribution in [0.2, 0.25) is 0 Å². The Morgan fingerprint density at radius 3 is 3.00 bits per heavy atom. The number of aryl methyl sites for hydroxylation is 1. The summed E-state index contributed by atoms with van der Waals surface area (Å²) in [6, 6.07) is 7.68. The van der Waals surface area contributed by atoms with Crippen molar-refractivity contribution >= 4 is 5.97 Å². The van der Waals surface area contributed by atoms with Gasteiger partial charge in [0.25, 0.3) is 0 Å². The molecular weight excluding hydrogens is 190 g/mol. The molecule has 1 heterocycles. The van der Waals surface area contributed by atoms with Gasteiger partial charge >= 0.3 is 5.97 Å². The summed E-state index contributed by atoms with van der Waals surface area (Å²) in [7, 11) is 0. The van der Waals surface area contributed by atoms with E-state index in [1.54, 1.807) is 0 Å². The maximum absolute atomic E-state index is 11.0. The molecule has 15 heavy (non-hydrogen) atoms. The molecule has 0 bridgehead atoms. The highest BCUT2D eigenvalue weighted by atomic mass is 16.4. The van der Waals surface area contributed by atoms with Crippen molar-refractivity contribution in [3.05, 3.63) is 35.4 Å². The van der Waals surface area contributed by atoms with E-state index in [4.69, 9.17) is 5.11 Å². The molecule has 80 valence electrons. The SMILES string of the molecule is Cc1cccc(C2CCNC2C(=O)O)c1. The maximum atomic E-state index is 11.0. The molecule has 2 atom stereocenters. The summed E-state index contributed by atoms with van der Waals surface area (Å²) in [6.07, 6.45) is 0.903. The van der Waals surface area contributed by atoms with Crippen LogP contribution in [0.25, 0.3) is 0 Å². The summed E-state index contributed by atoms with van der Waals surface area (Å²) in [5.41, 5.74) is 2.32. The average molecular weight is 205 g/mol. The zero-order valence-corrected chi connectivity index (χ0v) is 8.73. The van der Waals surface area contributed by atoms with Crippen LogP contribution in [0.5, 0.6) is 0 Å². The van der Waals surface area contributed by atoms with Gasteiger partial charge in [0.1, 0.15) is 6.04 Å². The van der Waals surface area contributed by atoms with E-state index >= 15 is 0 Å². The van der Waals surface area contributed by atoms with E-state index in [9.17, 15) is 4.79 Å². The molecule has 3 nitrogen and oxygen atoms in total. The Kier molecular flexibility index (Phi) is 2.73. The second-order valence-corrected chi connectivity index (χ2v) is 4.08. The highest BCUT2D eigenvalue weighted by Crippen LogP contribution is 2.28. The average Bonchev–Trinajstić information content (AvgIpc) is 2.65. The van der Waals surface area contributed by atoms with Crippen LogP contribution in [0.4, 0.5) is 0 Å². The molecule has 2 unspecified atom stereocenters. The van der Waals surface area contributed by atoms with Gasteiger partial charge in [-0.05, 0) is 25.5 Å². The van der Waals surface area contributed by atoms with Crippen LogP contribution in [0.3, 0.4) is 0 Å². The molecule has 1 aromatic rings. The molecule has 1 fully saturated rings. The molecular formula is C12H15NO2. The number of hydrogen-bond donors (Lipinski definition) is 2. The lowest BCUT2D eigenvalue weighted by atomic mass is 9.91. The lowest BCUT2D eigenvalue weighted by Crippen LogP contribution is -2.34. The number of carboxylic acids is 1. The summed E-state index contributed by atoms with van der Waals surface area (Å²) < 4.78 is 0. The summed E-state index contributed by atoms with van der Waals surface area (Å²) >= 11 is 0. The number of carbonyl (C=O) groups is 1. The fraction of sp³-hybridized carbons (Fsp3) is 0.417. The second-order valence-electron chi connectivity index (χ2n) is 4.08. The van der Waals surface area contributed by atoms with Crippen LogP contribution >= 0.6 is 0 Å². The molecule has 3 heteroatoms. The van der Waals surface area contributed by atoms with Gasteiger partial charge in [-0.1, -0.05) is 29.8 Å². The van der Waals surface area contributed by atoms with Gasteiger partial charge in [0.2, 0.25) is 0 Å².